The number of phenols is 2. The van der Waals surface area contributed by atoms with Crippen LogP contribution in [0.25, 0.3) is 0 Å². The molecule has 0 saturated carbocycles. The summed E-state index contributed by atoms with van der Waals surface area (Å²) in [6.45, 7) is 0. The number of carbonyl (C=O) groups is 2. The Bertz CT molecular complexity index is 682. The molecule has 1 aromatic carbocycles. The Kier molecular flexibility index (Phi) is 3.52. The molecular formula is C13H9NO6. The van der Waals surface area contributed by atoms with Gasteiger partial charge in [-0.05, 0) is 24.3 Å². The Balaban J connectivity index is 2.33. The average molecular weight is 275 g/mol. The van der Waals surface area contributed by atoms with Crippen molar-refractivity contribution in [3.8, 4) is 17.4 Å². The van der Waals surface area contributed by atoms with Crippen LogP contribution in [0.4, 0.5) is 0 Å². The molecule has 20 heavy (non-hydrogen) atoms. The standard InChI is InChI=1S/C13H9NO6/c15-9-5-1-3-7(10(9)16)13(19)20-11-8(12(17)18)4-2-6-14-11/h1-6,15-16H,(H,17,18). The van der Waals surface area contributed by atoms with Crippen LogP contribution in [0, 0.1) is 0 Å². The minimum Gasteiger partial charge on any atom is -0.504 e. The minimum absolute atomic E-state index is 0.291. The summed E-state index contributed by atoms with van der Waals surface area (Å²) in [4.78, 5) is 26.4. The summed E-state index contributed by atoms with van der Waals surface area (Å²) >= 11 is 0. The molecule has 0 unspecified atom stereocenters. The average Bonchev–Trinajstić information content (AvgIpc) is 2.42. The maximum Gasteiger partial charge on any atom is 0.348 e. The van der Waals surface area contributed by atoms with Gasteiger partial charge < -0.3 is 20.1 Å². The molecule has 102 valence electrons. The van der Waals surface area contributed by atoms with Crippen molar-refractivity contribution < 1.29 is 29.6 Å². The third-order valence-electron chi connectivity index (χ3n) is 2.43. The molecule has 3 N–H and O–H groups in total. The van der Waals surface area contributed by atoms with Crippen LogP contribution in [-0.2, 0) is 0 Å². The Morgan fingerprint density at radius 2 is 1.75 bits per heavy atom. The Labute approximate surface area is 112 Å². The van der Waals surface area contributed by atoms with Crippen molar-refractivity contribution in [3.05, 3.63) is 47.7 Å². The second kappa shape index (κ2) is 5.27. The van der Waals surface area contributed by atoms with E-state index in [0.29, 0.717) is 0 Å². The highest BCUT2D eigenvalue weighted by Gasteiger charge is 2.20. The lowest BCUT2D eigenvalue weighted by atomic mass is 10.2. The van der Waals surface area contributed by atoms with Gasteiger partial charge in [-0.15, -0.1) is 0 Å². The van der Waals surface area contributed by atoms with Crippen molar-refractivity contribution in [2.45, 2.75) is 0 Å². The topological polar surface area (TPSA) is 117 Å². The van der Waals surface area contributed by atoms with Crippen molar-refractivity contribution in [3.63, 3.8) is 0 Å². The van der Waals surface area contributed by atoms with Gasteiger partial charge in [-0.1, -0.05) is 6.07 Å². The maximum atomic E-state index is 11.8. The van der Waals surface area contributed by atoms with E-state index in [2.05, 4.69) is 4.98 Å². The van der Waals surface area contributed by atoms with Gasteiger partial charge in [0.2, 0.25) is 5.88 Å². The van der Waals surface area contributed by atoms with E-state index in [-0.39, 0.29) is 11.1 Å². The Morgan fingerprint density at radius 1 is 1.05 bits per heavy atom. The van der Waals surface area contributed by atoms with Gasteiger partial charge in [0.1, 0.15) is 11.1 Å². The molecule has 0 saturated heterocycles. The number of aromatic nitrogens is 1. The molecule has 2 rings (SSSR count). The molecule has 1 aromatic heterocycles. The molecule has 0 spiro atoms. The van der Waals surface area contributed by atoms with Crippen LogP contribution >= 0.6 is 0 Å². The number of carbonyl (C=O) groups excluding carboxylic acids is 1. The van der Waals surface area contributed by atoms with Gasteiger partial charge >= 0.3 is 11.9 Å². The molecule has 0 atom stereocenters. The largest absolute Gasteiger partial charge is 0.504 e. The van der Waals surface area contributed by atoms with Crippen LogP contribution in [0.15, 0.2) is 36.5 Å². The monoisotopic (exact) mass is 275 g/mol. The van der Waals surface area contributed by atoms with Crippen molar-refractivity contribution in [2.75, 3.05) is 0 Å². The number of ether oxygens (including phenoxy) is 1. The van der Waals surface area contributed by atoms with Gasteiger partial charge in [0, 0.05) is 6.20 Å². The van der Waals surface area contributed by atoms with Crippen LogP contribution in [0.5, 0.6) is 17.4 Å². The number of para-hydroxylation sites is 1. The number of aromatic hydroxyl groups is 2. The van der Waals surface area contributed by atoms with Crippen LogP contribution in [0.1, 0.15) is 20.7 Å². The van der Waals surface area contributed by atoms with Gasteiger partial charge in [-0.25, -0.2) is 14.6 Å². The molecule has 0 bridgehead atoms. The lowest BCUT2D eigenvalue weighted by molar-refractivity contribution is 0.0676. The maximum absolute atomic E-state index is 11.8. The summed E-state index contributed by atoms with van der Waals surface area (Å²) in [5.41, 5.74) is -0.590. The third-order valence-corrected chi connectivity index (χ3v) is 2.43. The van der Waals surface area contributed by atoms with Crippen LogP contribution < -0.4 is 4.74 Å². The summed E-state index contributed by atoms with van der Waals surface area (Å²) in [5, 5.41) is 27.8. The lowest BCUT2D eigenvalue weighted by Gasteiger charge is -2.07. The van der Waals surface area contributed by atoms with Crippen LogP contribution in [0.3, 0.4) is 0 Å². The third kappa shape index (κ3) is 2.51. The summed E-state index contributed by atoms with van der Waals surface area (Å²) in [6, 6.07) is 6.35. The number of benzene rings is 1. The number of pyridine rings is 1. The van der Waals surface area contributed by atoms with Crippen LogP contribution in [-0.4, -0.2) is 32.2 Å². The lowest BCUT2D eigenvalue weighted by Crippen LogP contribution is -2.12. The summed E-state index contributed by atoms with van der Waals surface area (Å²) < 4.78 is 4.83. The summed E-state index contributed by atoms with van der Waals surface area (Å²) in [5.74, 6) is -3.86. The molecule has 0 fully saturated rings. The summed E-state index contributed by atoms with van der Waals surface area (Å²) in [6.07, 6.45) is 1.26. The van der Waals surface area contributed by atoms with E-state index >= 15 is 0 Å². The number of rotatable bonds is 3. The smallest absolute Gasteiger partial charge is 0.348 e. The van der Waals surface area contributed by atoms with E-state index in [0.717, 1.165) is 0 Å². The highest BCUT2D eigenvalue weighted by Crippen LogP contribution is 2.29. The molecule has 0 amide bonds. The number of carboxylic acids is 1. The molecule has 0 aliphatic rings. The molecule has 0 aliphatic heterocycles. The van der Waals surface area contributed by atoms with Crippen molar-refractivity contribution >= 4 is 11.9 Å². The van der Waals surface area contributed by atoms with Gasteiger partial charge in [0.15, 0.2) is 11.5 Å². The van der Waals surface area contributed by atoms with Crippen molar-refractivity contribution in [1.82, 2.24) is 4.98 Å². The predicted molar refractivity (Wildman–Crippen MR) is 65.9 cm³/mol. The predicted octanol–water partition coefficient (Wildman–Crippen LogP) is 1.41. The number of nitrogens with zero attached hydrogens (tertiary/aromatic N) is 1. The van der Waals surface area contributed by atoms with E-state index in [1.807, 2.05) is 0 Å². The zero-order valence-electron chi connectivity index (χ0n) is 9.98. The van der Waals surface area contributed by atoms with E-state index in [1.165, 1.54) is 36.5 Å². The van der Waals surface area contributed by atoms with Gasteiger partial charge in [0.05, 0.1) is 0 Å². The first-order valence-electron chi connectivity index (χ1n) is 5.42. The summed E-state index contributed by atoms with van der Waals surface area (Å²) in [7, 11) is 0. The van der Waals surface area contributed by atoms with E-state index < -0.39 is 29.3 Å². The Morgan fingerprint density at radius 3 is 2.45 bits per heavy atom. The molecule has 0 radical (unpaired) electrons. The van der Waals surface area contributed by atoms with Gasteiger partial charge in [0.25, 0.3) is 0 Å². The normalized spacial score (nSPS) is 10.0. The fourth-order valence-electron chi connectivity index (χ4n) is 1.47. The zero-order chi connectivity index (χ0) is 14.7. The van der Waals surface area contributed by atoms with Gasteiger partial charge in [-0.3, -0.25) is 0 Å². The van der Waals surface area contributed by atoms with Gasteiger partial charge in [-0.2, -0.15) is 0 Å². The molecule has 7 heteroatoms. The quantitative estimate of drug-likeness (QED) is 0.572. The first kappa shape index (κ1) is 13.3. The highest BCUT2D eigenvalue weighted by molar-refractivity contribution is 5.96. The number of hydrogen-bond donors (Lipinski definition) is 3. The number of esters is 1. The fourth-order valence-corrected chi connectivity index (χ4v) is 1.47. The SMILES string of the molecule is O=C(O)c1cccnc1OC(=O)c1cccc(O)c1O. The first-order valence-corrected chi connectivity index (χ1v) is 5.42. The van der Waals surface area contributed by atoms with E-state index in [9.17, 15) is 19.8 Å². The highest BCUT2D eigenvalue weighted by atomic mass is 16.5. The van der Waals surface area contributed by atoms with Crippen molar-refractivity contribution in [2.24, 2.45) is 0 Å². The first-order chi connectivity index (χ1) is 9.50. The Hall–Kier alpha value is -3.09. The number of carboxylic acid groups (broad SMARTS) is 1. The molecule has 0 aliphatic carbocycles. The van der Waals surface area contributed by atoms with E-state index in [4.69, 9.17) is 9.84 Å². The molecular weight excluding hydrogens is 266 g/mol. The molecule has 7 nitrogen and oxygen atoms in total. The van der Waals surface area contributed by atoms with Crippen molar-refractivity contribution in [1.29, 1.82) is 0 Å². The molecule has 2 aromatic rings. The minimum atomic E-state index is -1.30. The number of hydrogen-bond acceptors (Lipinski definition) is 6. The number of aromatic carboxylic acids is 1. The fraction of sp³-hybridized carbons (Fsp3) is 0. The van der Waals surface area contributed by atoms with Crippen LogP contribution in [0.2, 0.25) is 0 Å². The zero-order valence-corrected chi connectivity index (χ0v) is 9.98. The molecule has 1 heterocycles. The number of phenolic OH excluding ortho intramolecular Hbond substituents is 2. The van der Waals surface area contributed by atoms with E-state index in [1.54, 1.807) is 0 Å². The second-order valence-electron chi connectivity index (χ2n) is 3.72. The second-order valence-corrected chi connectivity index (χ2v) is 3.72.